The molecule has 0 nitrogen and oxygen atoms in total. The van der Waals surface area contributed by atoms with Gasteiger partial charge in [0.2, 0.25) is 0 Å². The highest BCUT2D eigenvalue weighted by Crippen LogP contribution is 2.66. The van der Waals surface area contributed by atoms with Crippen LogP contribution < -0.4 is 0 Å². The molecule has 0 aromatic heterocycles. The van der Waals surface area contributed by atoms with Gasteiger partial charge in [-0.1, -0.05) is 64.7 Å². The topological polar surface area (TPSA) is 0 Å². The molecule has 0 aromatic carbocycles. The molecule has 21 heteroatoms. The first-order valence-corrected chi connectivity index (χ1v) is 12.3. The van der Waals surface area contributed by atoms with Crippen molar-refractivity contribution in [2.24, 2.45) is 0 Å². The lowest BCUT2D eigenvalue weighted by Gasteiger charge is -2.44. The maximum atomic E-state index is 13.9. The molecule has 0 unspecified atom stereocenters. The lowest BCUT2D eigenvalue weighted by molar-refractivity contribution is -0.474. The Bertz CT molecular complexity index is 871. The molecule has 0 aromatic rings. The summed E-state index contributed by atoms with van der Waals surface area (Å²) in [5.74, 6) is -76.3. The highest BCUT2D eigenvalue weighted by Gasteiger charge is 2.97. The van der Waals surface area contributed by atoms with E-state index in [9.17, 15) is 92.2 Å². The summed E-state index contributed by atoms with van der Waals surface area (Å²) in [6.45, 7) is 1.92. The van der Waals surface area contributed by atoms with Crippen LogP contribution in [0.5, 0.6) is 0 Å². The van der Waals surface area contributed by atoms with Crippen LogP contribution in [0.1, 0.15) is 77.6 Å². The lowest BCUT2D eigenvalue weighted by atomic mass is 9.85. The molecule has 0 heterocycles. The first kappa shape index (κ1) is 41.5. The second-order valence-corrected chi connectivity index (χ2v) is 9.73. The van der Waals surface area contributed by atoms with Crippen LogP contribution in [-0.2, 0) is 0 Å². The van der Waals surface area contributed by atoms with E-state index in [1.54, 1.807) is 0 Å². The van der Waals surface area contributed by atoms with Crippen LogP contribution in [-0.4, -0.2) is 59.5 Å². The third-order valence-corrected chi connectivity index (χ3v) is 6.42. The molecule has 0 saturated carbocycles. The largest absolute Gasteiger partial charge is 0.460 e. The van der Waals surface area contributed by atoms with Gasteiger partial charge in [0, 0.05) is 6.42 Å². The maximum absolute atomic E-state index is 13.9. The van der Waals surface area contributed by atoms with Gasteiger partial charge in [0.05, 0.1) is 0 Å². The number of unbranched alkanes of at least 4 members (excludes halogenated alkanes) is 9. The van der Waals surface area contributed by atoms with E-state index in [2.05, 4.69) is 0 Å². The molecule has 0 fully saturated rings. The van der Waals surface area contributed by atoms with E-state index in [0.29, 0.717) is 12.8 Å². The van der Waals surface area contributed by atoms with Crippen molar-refractivity contribution in [1.29, 1.82) is 0 Å². The second-order valence-electron chi connectivity index (χ2n) is 9.73. The summed E-state index contributed by atoms with van der Waals surface area (Å²) in [5, 5.41) is 0. The Morgan fingerprint density at radius 3 is 0.791 bits per heavy atom. The summed E-state index contributed by atoms with van der Waals surface area (Å²) in [4.78, 5) is 0. The molecule has 0 rings (SSSR count). The zero-order valence-corrected chi connectivity index (χ0v) is 21.7. The van der Waals surface area contributed by atoms with Gasteiger partial charge in [-0.2, -0.15) is 92.2 Å². The van der Waals surface area contributed by atoms with Gasteiger partial charge >= 0.3 is 59.5 Å². The van der Waals surface area contributed by atoms with Crippen molar-refractivity contribution < 1.29 is 92.2 Å². The van der Waals surface area contributed by atoms with Gasteiger partial charge in [0.15, 0.2) is 0 Å². The van der Waals surface area contributed by atoms with Gasteiger partial charge in [0.1, 0.15) is 0 Å². The average Bonchev–Trinajstić information content (AvgIpc) is 2.83. The van der Waals surface area contributed by atoms with Crippen LogP contribution in [0, 0.1) is 0 Å². The summed E-state index contributed by atoms with van der Waals surface area (Å²) >= 11 is 0. The van der Waals surface area contributed by atoms with Gasteiger partial charge in [0.25, 0.3) is 0 Å². The van der Waals surface area contributed by atoms with E-state index < -0.39 is 78.7 Å². The predicted molar refractivity (Wildman–Crippen MR) is 107 cm³/mol. The lowest BCUT2D eigenvalue weighted by Crippen LogP contribution is -2.76. The first-order chi connectivity index (χ1) is 18.8. The van der Waals surface area contributed by atoms with Crippen molar-refractivity contribution in [2.45, 2.75) is 137 Å². The van der Waals surface area contributed by atoms with E-state index in [-0.39, 0.29) is 12.8 Å². The van der Waals surface area contributed by atoms with Crippen molar-refractivity contribution in [3.63, 3.8) is 0 Å². The minimum Gasteiger partial charge on any atom is -0.200 e. The van der Waals surface area contributed by atoms with Gasteiger partial charge in [-0.15, -0.1) is 0 Å². The molecule has 0 amide bonds. The van der Waals surface area contributed by atoms with Crippen LogP contribution in [0.4, 0.5) is 92.2 Å². The molecular weight excluding hydrogens is 663 g/mol. The summed E-state index contributed by atoms with van der Waals surface area (Å²) in [6.07, 6.45) is -7.25. The monoisotopic (exact) mass is 688 g/mol. The van der Waals surface area contributed by atoms with Gasteiger partial charge < -0.3 is 0 Å². The molecule has 0 aliphatic rings. The second kappa shape index (κ2) is 13.1. The molecule has 0 saturated heterocycles. The zero-order chi connectivity index (χ0) is 34.8. The molecule has 0 N–H and O–H groups in total. The molecule has 0 aliphatic heterocycles. The fourth-order valence-corrected chi connectivity index (χ4v) is 3.58. The van der Waals surface area contributed by atoms with E-state index >= 15 is 0 Å². The Balaban J connectivity index is 6.08. The minimum atomic E-state index is -9.13. The van der Waals surface area contributed by atoms with Crippen molar-refractivity contribution in [2.75, 3.05) is 0 Å². The van der Waals surface area contributed by atoms with E-state index in [1.807, 2.05) is 6.92 Å². The van der Waals surface area contributed by atoms with Crippen LogP contribution in [0.2, 0.25) is 0 Å². The molecular formula is C22H25F21. The highest BCUT2D eigenvalue weighted by atomic mass is 19.4. The van der Waals surface area contributed by atoms with E-state index in [0.717, 1.165) is 25.7 Å². The average molecular weight is 688 g/mol. The third-order valence-electron chi connectivity index (χ3n) is 6.42. The van der Waals surface area contributed by atoms with Crippen molar-refractivity contribution in [1.82, 2.24) is 0 Å². The number of hydrogen-bond donors (Lipinski definition) is 0. The maximum Gasteiger partial charge on any atom is 0.460 e. The Kier molecular flexibility index (Phi) is 12.7. The van der Waals surface area contributed by atoms with Crippen molar-refractivity contribution >= 4 is 0 Å². The van der Waals surface area contributed by atoms with Gasteiger partial charge in [-0.25, -0.2) is 0 Å². The number of hydrogen-bond acceptors (Lipinski definition) is 0. The molecule has 260 valence electrons. The van der Waals surface area contributed by atoms with E-state index in [1.165, 1.54) is 0 Å². The Morgan fingerprint density at radius 1 is 0.279 bits per heavy atom. The van der Waals surface area contributed by atoms with Gasteiger partial charge in [-0.3, -0.25) is 0 Å². The quantitative estimate of drug-likeness (QED) is 0.0936. The molecule has 0 spiro atoms. The first-order valence-electron chi connectivity index (χ1n) is 12.3. The summed E-state index contributed by atoms with van der Waals surface area (Å²) in [7, 11) is 0. The normalized spacial score (nSPS) is 15.8. The molecule has 0 atom stereocenters. The Labute approximate surface area is 230 Å². The fraction of sp³-hybridized carbons (Fsp3) is 1.00. The Morgan fingerprint density at radius 2 is 0.512 bits per heavy atom. The van der Waals surface area contributed by atoms with Crippen molar-refractivity contribution in [3.8, 4) is 0 Å². The number of halogens is 21. The zero-order valence-electron chi connectivity index (χ0n) is 21.7. The van der Waals surface area contributed by atoms with Crippen LogP contribution in [0.15, 0.2) is 0 Å². The van der Waals surface area contributed by atoms with Crippen LogP contribution in [0.3, 0.4) is 0 Å². The van der Waals surface area contributed by atoms with Crippen LogP contribution in [0.25, 0.3) is 0 Å². The van der Waals surface area contributed by atoms with Crippen LogP contribution >= 0.6 is 0 Å². The molecule has 0 radical (unpaired) electrons. The third kappa shape index (κ3) is 7.03. The Hall–Kier alpha value is -1.47. The fourth-order valence-electron chi connectivity index (χ4n) is 3.58. The molecule has 0 bridgehead atoms. The summed E-state index contributed by atoms with van der Waals surface area (Å²) in [5.41, 5.74) is 0. The predicted octanol–water partition coefficient (Wildman–Crippen LogP) is 11.6. The molecule has 0 aliphatic carbocycles. The standard InChI is InChI=1S/C22H25F21/c1-2-3-4-5-6-7-8-9-10-11-12-13(23,24)14(25,26)15(27,28)16(29,30)17(31,32)18(33,34)19(35,36)20(37,38)21(39,40)22(41,42)43/h2-12H2,1H3. The summed E-state index contributed by atoms with van der Waals surface area (Å²) < 4.78 is 281. The number of rotatable bonds is 19. The number of alkyl halides is 21. The SMILES string of the molecule is CCCCCCCCCCCCC(F)(F)C(F)(F)C(F)(F)C(F)(F)C(F)(F)C(F)(F)C(F)(F)C(F)(F)C(F)(F)C(F)(F)F. The summed E-state index contributed by atoms with van der Waals surface area (Å²) in [6, 6.07) is 0. The minimum absolute atomic E-state index is 0.0157. The smallest absolute Gasteiger partial charge is 0.200 e. The van der Waals surface area contributed by atoms with E-state index in [4.69, 9.17) is 0 Å². The van der Waals surface area contributed by atoms with Gasteiger partial charge in [-0.05, 0) is 6.42 Å². The highest BCUT2D eigenvalue weighted by molar-refractivity contribution is 5.17. The molecule has 43 heavy (non-hydrogen) atoms. The van der Waals surface area contributed by atoms with Crippen molar-refractivity contribution in [3.05, 3.63) is 0 Å².